The van der Waals surface area contributed by atoms with Crippen molar-refractivity contribution in [3.8, 4) is 22.6 Å². The van der Waals surface area contributed by atoms with E-state index in [9.17, 15) is 0 Å². The number of hydrogen-bond acceptors (Lipinski definition) is 2. The molecule has 1 N–H and O–H groups in total. The van der Waals surface area contributed by atoms with E-state index in [1.54, 1.807) is 0 Å². The predicted octanol–water partition coefficient (Wildman–Crippen LogP) is 2.99. The van der Waals surface area contributed by atoms with Crippen LogP contribution in [0, 0.1) is 0 Å². The van der Waals surface area contributed by atoms with Crippen molar-refractivity contribution in [1.29, 1.82) is 0 Å². The minimum absolute atomic E-state index is 0.163. The molecule has 0 spiro atoms. The van der Waals surface area contributed by atoms with Crippen LogP contribution in [-0.4, -0.2) is 6.85 Å². The zero-order valence-corrected chi connectivity index (χ0v) is 11.3. The summed E-state index contributed by atoms with van der Waals surface area (Å²) in [5.41, 5.74) is 6.14. The highest BCUT2D eigenvalue weighted by molar-refractivity contribution is 6.91. The third-order valence-corrected chi connectivity index (χ3v) is 4.32. The molecule has 0 bridgehead atoms. The molecular formula is C18H12BNO. The van der Waals surface area contributed by atoms with Crippen molar-refractivity contribution in [2.24, 2.45) is 0 Å². The number of para-hydroxylation sites is 2. The summed E-state index contributed by atoms with van der Waals surface area (Å²) in [6.45, 7) is 0.163. The maximum atomic E-state index is 6.10. The van der Waals surface area contributed by atoms with E-state index in [-0.39, 0.29) is 6.85 Å². The van der Waals surface area contributed by atoms with E-state index in [1.807, 2.05) is 12.1 Å². The highest BCUT2D eigenvalue weighted by Crippen LogP contribution is 2.36. The minimum atomic E-state index is 0.163. The molecule has 0 aromatic heterocycles. The largest absolute Gasteiger partial charge is 0.458 e. The summed E-state index contributed by atoms with van der Waals surface area (Å²) in [5.74, 6) is 1.90. The molecular weight excluding hydrogens is 257 g/mol. The van der Waals surface area contributed by atoms with Crippen LogP contribution < -0.4 is 20.9 Å². The van der Waals surface area contributed by atoms with E-state index in [1.165, 1.54) is 27.7 Å². The first-order valence-electron chi connectivity index (χ1n) is 7.17. The fraction of sp³-hybridized carbons (Fsp3) is 0. The summed E-state index contributed by atoms with van der Waals surface area (Å²) in [4.78, 5) is 0. The lowest BCUT2D eigenvalue weighted by molar-refractivity contribution is 0.487. The van der Waals surface area contributed by atoms with E-state index in [0.717, 1.165) is 11.5 Å². The number of fused-ring (bicyclic) bond motifs is 4. The van der Waals surface area contributed by atoms with E-state index in [0.29, 0.717) is 0 Å². The van der Waals surface area contributed by atoms with Crippen LogP contribution in [0.1, 0.15) is 0 Å². The SMILES string of the molecule is c1ccc2c(c1)NB1c3ccccc3Oc3cccc-2c31. The lowest BCUT2D eigenvalue weighted by atomic mass is 9.46. The molecule has 2 heterocycles. The Morgan fingerprint density at radius 1 is 0.714 bits per heavy atom. The van der Waals surface area contributed by atoms with E-state index >= 15 is 0 Å². The third kappa shape index (κ3) is 1.43. The molecule has 0 saturated heterocycles. The number of benzene rings is 3. The fourth-order valence-electron chi connectivity index (χ4n) is 3.40. The quantitative estimate of drug-likeness (QED) is 0.633. The first kappa shape index (κ1) is 11.0. The van der Waals surface area contributed by atoms with Crippen LogP contribution in [-0.2, 0) is 0 Å². The highest BCUT2D eigenvalue weighted by atomic mass is 16.5. The normalized spacial score (nSPS) is 13.4. The molecule has 2 aliphatic heterocycles. The van der Waals surface area contributed by atoms with E-state index in [4.69, 9.17) is 4.74 Å². The Kier molecular flexibility index (Phi) is 2.06. The minimum Gasteiger partial charge on any atom is -0.458 e. The number of anilines is 1. The second-order valence-corrected chi connectivity index (χ2v) is 5.48. The molecule has 0 atom stereocenters. The summed E-state index contributed by atoms with van der Waals surface area (Å²) in [6.07, 6.45) is 0. The number of nitrogens with one attached hydrogen (secondary N) is 1. The number of hydrogen-bond donors (Lipinski definition) is 1. The maximum Gasteiger partial charge on any atom is 0.329 e. The van der Waals surface area contributed by atoms with Crippen LogP contribution >= 0.6 is 0 Å². The van der Waals surface area contributed by atoms with Crippen LogP contribution in [0.5, 0.6) is 11.5 Å². The zero-order chi connectivity index (χ0) is 13.8. The van der Waals surface area contributed by atoms with Gasteiger partial charge in [0.15, 0.2) is 0 Å². The molecule has 0 fully saturated rings. The molecule has 3 aromatic rings. The van der Waals surface area contributed by atoms with Crippen LogP contribution in [0.15, 0.2) is 66.7 Å². The van der Waals surface area contributed by atoms with Gasteiger partial charge in [0, 0.05) is 11.3 Å². The smallest absolute Gasteiger partial charge is 0.329 e. The van der Waals surface area contributed by atoms with Gasteiger partial charge in [-0.15, -0.1) is 0 Å². The fourth-order valence-corrected chi connectivity index (χ4v) is 3.40. The van der Waals surface area contributed by atoms with Gasteiger partial charge in [0.05, 0.1) is 0 Å². The molecule has 2 aliphatic rings. The molecule has 2 nitrogen and oxygen atoms in total. The topological polar surface area (TPSA) is 21.3 Å². The molecule has 5 rings (SSSR count). The van der Waals surface area contributed by atoms with Gasteiger partial charge in [-0.3, -0.25) is 0 Å². The van der Waals surface area contributed by atoms with Crippen molar-refractivity contribution in [1.82, 2.24) is 0 Å². The molecule has 0 amide bonds. The van der Waals surface area contributed by atoms with Gasteiger partial charge in [0.2, 0.25) is 0 Å². The van der Waals surface area contributed by atoms with Crippen molar-refractivity contribution in [3.63, 3.8) is 0 Å². The molecule has 0 saturated carbocycles. The van der Waals surface area contributed by atoms with Crippen molar-refractivity contribution in [2.75, 3.05) is 5.23 Å². The van der Waals surface area contributed by atoms with Gasteiger partial charge in [0.1, 0.15) is 11.5 Å². The first-order chi connectivity index (χ1) is 10.4. The van der Waals surface area contributed by atoms with Crippen molar-refractivity contribution in [3.05, 3.63) is 66.7 Å². The van der Waals surface area contributed by atoms with Gasteiger partial charge < -0.3 is 9.96 Å². The Balaban J connectivity index is 1.85. The van der Waals surface area contributed by atoms with Gasteiger partial charge in [-0.1, -0.05) is 48.5 Å². The van der Waals surface area contributed by atoms with Crippen molar-refractivity contribution >= 4 is 23.5 Å². The maximum absolute atomic E-state index is 6.10. The third-order valence-electron chi connectivity index (χ3n) is 4.32. The van der Waals surface area contributed by atoms with Crippen molar-refractivity contribution < 1.29 is 4.74 Å². The second-order valence-electron chi connectivity index (χ2n) is 5.48. The monoisotopic (exact) mass is 269 g/mol. The molecule has 0 unspecified atom stereocenters. The van der Waals surface area contributed by atoms with Crippen LogP contribution in [0.4, 0.5) is 5.69 Å². The van der Waals surface area contributed by atoms with Gasteiger partial charge in [-0.25, -0.2) is 0 Å². The summed E-state index contributed by atoms with van der Waals surface area (Å²) in [7, 11) is 0. The zero-order valence-electron chi connectivity index (χ0n) is 11.3. The number of ether oxygens (including phenoxy) is 1. The Labute approximate surface area is 123 Å². The summed E-state index contributed by atoms with van der Waals surface area (Å²) < 4.78 is 6.10. The molecule has 0 aliphatic carbocycles. The molecule has 21 heavy (non-hydrogen) atoms. The van der Waals surface area contributed by atoms with E-state index < -0.39 is 0 Å². The Morgan fingerprint density at radius 2 is 1.48 bits per heavy atom. The average molecular weight is 269 g/mol. The summed E-state index contributed by atoms with van der Waals surface area (Å²) in [5, 5.41) is 3.67. The predicted molar refractivity (Wildman–Crippen MR) is 87.0 cm³/mol. The Bertz CT molecular complexity index is 875. The van der Waals surface area contributed by atoms with Gasteiger partial charge >= 0.3 is 6.85 Å². The lowest BCUT2D eigenvalue weighted by Gasteiger charge is -2.33. The molecule has 3 heteroatoms. The molecule has 0 radical (unpaired) electrons. The Hall–Kier alpha value is -2.68. The van der Waals surface area contributed by atoms with Crippen molar-refractivity contribution in [2.45, 2.75) is 0 Å². The second kappa shape index (κ2) is 3.92. The molecule has 98 valence electrons. The summed E-state index contributed by atoms with van der Waals surface area (Å²) >= 11 is 0. The highest BCUT2D eigenvalue weighted by Gasteiger charge is 2.37. The average Bonchev–Trinajstić information content (AvgIpc) is 2.55. The lowest BCUT2D eigenvalue weighted by Crippen LogP contribution is -2.54. The Morgan fingerprint density at radius 3 is 2.48 bits per heavy atom. The summed E-state index contributed by atoms with van der Waals surface area (Å²) in [6, 6.07) is 23.0. The van der Waals surface area contributed by atoms with Gasteiger partial charge in [-0.05, 0) is 34.7 Å². The van der Waals surface area contributed by atoms with Crippen LogP contribution in [0.25, 0.3) is 11.1 Å². The molecule has 3 aromatic carbocycles. The van der Waals surface area contributed by atoms with Crippen LogP contribution in [0.2, 0.25) is 0 Å². The van der Waals surface area contributed by atoms with Gasteiger partial charge in [0.25, 0.3) is 0 Å². The standard InChI is InChI=1S/C18H12BNO/c1-3-9-15-12(6-1)13-7-5-11-17-18(13)19(20-15)14-8-2-4-10-16(14)21-17/h1-11,20H. The number of rotatable bonds is 0. The van der Waals surface area contributed by atoms with Gasteiger partial charge in [-0.2, -0.15) is 0 Å². The van der Waals surface area contributed by atoms with E-state index in [2.05, 4.69) is 59.8 Å². The first-order valence-corrected chi connectivity index (χ1v) is 7.17. The van der Waals surface area contributed by atoms with Crippen LogP contribution in [0.3, 0.4) is 0 Å².